The molecule has 0 aliphatic rings. The number of nitrogens with zero attached hydrogens (tertiary/aromatic N) is 2. The Hall–Kier alpha value is -1.21. The summed E-state index contributed by atoms with van der Waals surface area (Å²) in [6.45, 7) is 0. The van der Waals surface area contributed by atoms with Crippen LogP contribution in [0.4, 0.5) is 5.82 Å². The number of rotatable bonds is 2. The SMILES string of the molecule is [B]c1ccc(Cl)c2c(NS(C)(=O)=O)nn(C)c12. The Balaban J connectivity index is 2.79. The summed E-state index contributed by atoms with van der Waals surface area (Å²) in [5, 5.41) is 4.96. The lowest BCUT2D eigenvalue weighted by atomic mass is 9.94. The molecule has 2 rings (SSSR count). The largest absolute Gasteiger partial charge is 0.266 e. The Morgan fingerprint density at radius 2 is 2.12 bits per heavy atom. The first-order valence-corrected chi connectivity index (χ1v) is 6.95. The topological polar surface area (TPSA) is 64.0 Å². The molecule has 17 heavy (non-hydrogen) atoms. The number of fused-ring (bicyclic) bond motifs is 1. The monoisotopic (exact) mass is 269 g/mol. The van der Waals surface area contributed by atoms with Gasteiger partial charge in [-0.2, -0.15) is 5.10 Å². The number of sulfonamides is 1. The van der Waals surface area contributed by atoms with Gasteiger partial charge in [0.1, 0.15) is 7.85 Å². The van der Waals surface area contributed by atoms with E-state index in [0.29, 0.717) is 21.4 Å². The number of benzene rings is 1. The first-order chi connectivity index (χ1) is 7.79. The van der Waals surface area contributed by atoms with E-state index in [1.165, 1.54) is 4.68 Å². The van der Waals surface area contributed by atoms with Crippen molar-refractivity contribution in [1.29, 1.82) is 0 Å². The van der Waals surface area contributed by atoms with Crippen molar-refractivity contribution in [2.45, 2.75) is 0 Å². The van der Waals surface area contributed by atoms with Crippen LogP contribution in [0.5, 0.6) is 0 Å². The molecule has 0 atom stereocenters. The number of anilines is 1. The lowest BCUT2D eigenvalue weighted by Crippen LogP contribution is -2.10. The van der Waals surface area contributed by atoms with Crippen LogP contribution >= 0.6 is 11.6 Å². The van der Waals surface area contributed by atoms with Crippen molar-refractivity contribution < 1.29 is 8.42 Å². The minimum Gasteiger partial charge on any atom is -0.266 e. The molecule has 0 saturated carbocycles. The Kier molecular flexibility index (Phi) is 2.83. The predicted octanol–water partition coefficient (Wildman–Crippen LogP) is 0.392. The van der Waals surface area contributed by atoms with Crippen LogP contribution < -0.4 is 10.2 Å². The highest BCUT2D eigenvalue weighted by atomic mass is 35.5. The number of nitrogens with one attached hydrogen (secondary N) is 1. The van der Waals surface area contributed by atoms with Crippen LogP contribution in [-0.2, 0) is 17.1 Å². The van der Waals surface area contributed by atoms with Crippen LogP contribution in [-0.4, -0.2) is 32.3 Å². The molecular formula is C9H9BClN3O2S. The van der Waals surface area contributed by atoms with Gasteiger partial charge in [-0.25, -0.2) is 8.42 Å². The molecule has 8 heteroatoms. The summed E-state index contributed by atoms with van der Waals surface area (Å²) in [5.41, 5.74) is 1.09. The van der Waals surface area contributed by atoms with Crippen LogP contribution in [0.1, 0.15) is 0 Å². The van der Waals surface area contributed by atoms with Gasteiger partial charge in [0.25, 0.3) is 0 Å². The van der Waals surface area contributed by atoms with Crippen LogP contribution in [0.3, 0.4) is 0 Å². The highest BCUT2D eigenvalue weighted by Crippen LogP contribution is 2.28. The molecule has 1 aromatic carbocycles. The summed E-state index contributed by atoms with van der Waals surface area (Å²) in [7, 11) is 4.07. The molecule has 88 valence electrons. The van der Waals surface area contributed by atoms with Gasteiger partial charge >= 0.3 is 0 Å². The second-order valence-corrected chi connectivity index (χ2v) is 5.86. The van der Waals surface area contributed by atoms with Crippen molar-refractivity contribution in [2.75, 3.05) is 11.0 Å². The lowest BCUT2D eigenvalue weighted by Gasteiger charge is -2.02. The molecule has 1 aromatic heterocycles. The molecule has 0 bridgehead atoms. The zero-order valence-electron chi connectivity index (χ0n) is 9.23. The Bertz CT molecular complexity index is 696. The van der Waals surface area contributed by atoms with Gasteiger partial charge in [-0.05, 0) is 6.07 Å². The molecule has 0 spiro atoms. The average molecular weight is 270 g/mol. The molecule has 5 nitrogen and oxygen atoms in total. The van der Waals surface area contributed by atoms with E-state index < -0.39 is 10.0 Å². The van der Waals surface area contributed by atoms with Crippen molar-refractivity contribution >= 4 is 51.7 Å². The van der Waals surface area contributed by atoms with E-state index in [9.17, 15) is 8.42 Å². The third-order valence-electron chi connectivity index (χ3n) is 2.25. The molecule has 0 aliphatic carbocycles. The van der Waals surface area contributed by atoms with Gasteiger partial charge < -0.3 is 0 Å². The van der Waals surface area contributed by atoms with E-state index >= 15 is 0 Å². The van der Waals surface area contributed by atoms with Crippen LogP contribution in [0, 0.1) is 0 Å². The van der Waals surface area contributed by atoms with Crippen LogP contribution in [0.25, 0.3) is 10.9 Å². The van der Waals surface area contributed by atoms with Crippen molar-refractivity contribution in [3.8, 4) is 0 Å². The van der Waals surface area contributed by atoms with Gasteiger partial charge in [0.05, 0.1) is 22.2 Å². The number of aromatic nitrogens is 2. The van der Waals surface area contributed by atoms with Crippen molar-refractivity contribution in [2.24, 2.45) is 7.05 Å². The molecular weight excluding hydrogens is 260 g/mol. The van der Waals surface area contributed by atoms with Crippen molar-refractivity contribution in [1.82, 2.24) is 9.78 Å². The quantitative estimate of drug-likeness (QED) is 0.802. The Morgan fingerprint density at radius 1 is 1.47 bits per heavy atom. The summed E-state index contributed by atoms with van der Waals surface area (Å²) < 4.78 is 26.2. The fourth-order valence-electron chi connectivity index (χ4n) is 1.65. The fourth-order valence-corrected chi connectivity index (χ4v) is 2.39. The van der Waals surface area contributed by atoms with E-state index in [1.54, 1.807) is 19.2 Å². The number of aryl methyl sites for hydroxylation is 1. The first-order valence-electron chi connectivity index (χ1n) is 4.68. The lowest BCUT2D eigenvalue weighted by molar-refractivity contribution is 0.606. The average Bonchev–Trinajstić information content (AvgIpc) is 2.48. The van der Waals surface area contributed by atoms with E-state index in [2.05, 4.69) is 9.82 Å². The summed E-state index contributed by atoms with van der Waals surface area (Å²) in [4.78, 5) is 0. The molecule has 0 fully saturated rings. The normalized spacial score (nSPS) is 11.9. The maximum Gasteiger partial charge on any atom is 0.231 e. The molecule has 2 aromatic rings. The molecule has 2 radical (unpaired) electrons. The van der Waals surface area contributed by atoms with Gasteiger partial charge in [0.15, 0.2) is 5.82 Å². The maximum atomic E-state index is 11.2. The van der Waals surface area contributed by atoms with Crippen molar-refractivity contribution in [3.05, 3.63) is 17.2 Å². The Morgan fingerprint density at radius 3 is 2.71 bits per heavy atom. The minimum absolute atomic E-state index is 0.183. The van der Waals surface area contributed by atoms with E-state index in [4.69, 9.17) is 19.4 Å². The van der Waals surface area contributed by atoms with Crippen LogP contribution in [0.2, 0.25) is 5.02 Å². The summed E-state index contributed by atoms with van der Waals surface area (Å²) in [5.74, 6) is 0.183. The standard InChI is InChI=1S/C9H9BClN3O2S/c1-14-8-5(10)3-4-6(11)7(8)9(12-14)13-17(2,15)16/h3-4H,1-2H3,(H,12,13). The predicted molar refractivity (Wildman–Crippen MR) is 69.6 cm³/mol. The molecule has 1 N–H and O–H groups in total. The smallest absolute Gasteiger partial charge is 0.231 e. The second kappa shape index (κ2) is 3.92. The van der Waals surface area contributed by atoms with Gasteiger partial charge in [-0.15, -0.1) is 0 Å². The molecule has 0 amide bonds. The first kappa shape index (κ1) is 12.3. The molecule has 0 unspecified atom stereocenters. The number of halogens is 1. The van der Waals surface area contributed by atoms with Gasteiger partial charge in [-0.3, -0.25) is 9.40 Å². The summed E-state index contributed by atoms with van der Waals surface area (Å²) in [6, 6.07) is 3.25. The van der Waals surface area contributed by atoms with E-state index in [0.717, 1.165) is 6.26 Å². The zero-order chi connectivity index (χ0) is 12.8. The highest BCUT2D eigenvalue weighted by molar-refractivity contribution is 7.92. The highest BCUT2D eigenvalue weighted by Gasteiger charge is 2.16. The summed E-state index contributed by atoms with van der Waals surface area (Å²) in [6.07, 6.45) is 1.05. The van der Waals surface area contributed by atoms with Gasteiger partial charge in [-0.1, -0.05) is 23.1 Å². The number of hydrogen-bond acceptors (Lipinski definition) is 3. The Labute approximate surface area is 105 Å². The number of hydrogen-bond donors (Lipinski definition) is 1. The zero-order valence-corrected chi connectivity index (χ0v) is 10.8. The van der Waals surface area contributed by atoms with E-state index in [-0.39, 0.29) is 5.82 Å². The van der Waals surface area contributed by atoms with Crippen LogP contribution in [0.15, 0.2) is 12.1 Å². The van der Waals surface area contributed by atoms with E-state index in [1.807, 2.05) is 0 Å². The third kappa shape index (κ3) is 2.25. The second-order valence-electron chi connectivity index (χ2n) is 3.71. The molecule has 0 aliphatic heterocycles. The minimum atomic E-state index is -3.41. The van der Waals surface area contributed by atoms with Gasteiger partial charge in [0, 0.05) is 7.05 Å². The fraction of sp³-hybridized carbons (Fsp3) is 0.222. The maximum absolute atomic E-state index is 11.2. The molecule has 0 saturated heterocycles. The third-order valence-corrected chi connectivity index (χ3v) is 3.13. The van der Waals surface area contributed by atoms with Gasteiger partial charge in [0.2, 0.25) is 10.0 Å². The molecule has 1 heterocycles. The van der Waals surface area contributed by atoms with Crippen molar-refractivity contribution in [3.63, 3.8) is 0 Å². The summed E-state index contributed by atoms with van der Waals surface area (Å²) >= 11 is 6.03.